The highest BCUT2D eigenvalue weighted by Crippen LogP contribution is 2.41. The van der Waals surface area contributed by atoms with Gasteiger partial charge in [0.1, 0.15) is 0 Å². The summed E-state index contributed by atoms with van der Waals surface area (Å²) < 4.78 is 0. The highest BCUT2D eigenvalue weighted by molar-refractivity contribution is 6.35. The Balaban J connectivity index is 1.84. The molecule has 0 aliphatic carbocycles. The molecule has 0 radical (unpaired) electrons. The van der Waals surface area contributed by atoms with Crippen LogP contribution in [0.15, 0.2) is 54.6 Å². The lowest BCUT2D eigenvalue weighted by atomic mass is 9.80. The molecule has 2 aromatic carbocycles. The first kappa shape index (κ1) is 14.0. The van der Waals surface area contributed by atoms with Crippen LogP contribution >= 0.6 is 0 Å². The van der Waals surface area contributed by atoms with Gasteiger partial charge in [-0.2, -0.15) is 0 Å². The molecule has 23 heavy (non-hydrogen) atoms. The first-order valence-electron chi connectivity index (χ1n) is 7.86. The Morgan fingerprint density at radius 2 is 1.48 bits per heavy atom. The molecule has 2 amide bonds. The number of carbonyl (C=O) groups excluding carboxylic acids is 2. The van der Waals surface area contributed by atoms with Gasteiger partial charge in [0.2, 0.25) is 0 Å². The first-order valence-corrected chi connectivity index (χ1v) is 7.86. The van der Waals surface area contributed by atoms with Crippen molar-refractivity contribution in [2.45, 2.75) is 12.0 Å². The molecule has 116 valence electrons. The minimum Gasteiger partial charge on any atom is -0.335 e. The molecule has 4 heteroatoms. The summed E-state index contributed by atoms with van der Waals surface area (Å²) in [5.41, 5.74) is 3.59. The molecule has 2 aliphatic rings. The van der Waals surface area contributed by atoms with Crippen molar-refractivity contribution in [3.8, 4) is 0 Å². The molecule has 2 aliphatic heterocycles. The van der Waals surface area contributed by atoms with Gasteiger partial charge in [-0.25, -0.2) is 0 Å². The second-order valence-electron chi connectivity index (χ2n) is 6.25. The van der Waals surface area contributed by atoms with Crippen molar-refractivity contribution in [3.63, 3.8) is 0 Å². The minimum atomic E-state index is -0.410. The molecule has 0 bridgehead atoms. The van der Waals surface area contributed by atoms with Crippen LogP contribution in [0.1, 0.15) is 28.7 Å². The standard InChI is InChI=1S/C19H18N2O2/c1-20-12-17-15-10-6-5-9-14(15)16(13-7-3-2-4-8-13)11-21(17)19(23)18(20)22/h2-10,16-17H,11-12H2,1H3/t16-,17-/m0/s1. The van der Waals surface area contributed by atoms with E-state index in [-0.39, 0.29) is 17.9 Å². The van der Waals surface area contributed by atoms with Crippen LogP contribution in [-0.4, -0.2) is 41.8 Å². The zero-order valence-corrected chi connectivity index (χ0v) is 13.0. The van der Waals surface area contributed by atoms with Crippen molar-refractivity contribution in [2.75, 3.05) is 20.1 Å². The second-order valence-corrected chi connectivity index (χ2v) is 6.25. The largest absolute Gasteiger partial charge is 0.335 e. The summed E-state index contributed by atoms with van der Waals surface area (Å²) in [7, 11) is 1.70. The number of amides is 2. The van der Waals surface area contributed by atoms with E-state index in [2.05, 4.69) is 24.3 Å². The van der Waals surface area contributed by atoms with Gasteiger partial charge in [0.05, 0.1) is 6.04 Å². The van der Waals surface area contributed by atoms with Crippen LogP contribution in [0, 0.1) is 0 Å². The first-order chi connectivity index (χ1) is 11.2. The summed E-state index contributed by atoms with van der Waals surface area (Å²) >= 11 is 0. The van der Waals surface area contributed by atoms with E-state index in [1.54, 1.807) is 11.9 Å². The van der Waals surface area contributed by atoms with Gasteiger partial charge < -0.3 is 9.80 Å². The van der Waals surface area contributed by atoms with Crippen LogP contribution in [0.2, 0.25) is 0 Å². The Kier molecular flexibility index (Phi) is 3.18. The number of rotatable bonds is 1. The maximum Gasteiger partial charge on any atom is 0.312 e. The summed E-state index contributed by atoms with van der Waals surface area (Å²) in [5.74, 6) is -0.685. The smallest absolute Gasteiger partial charge is 0.312 e. The molecule has 2 atom stereocenters. The third kappa shape index (κ3) is 2.13. The van der Waals surface area contributed by atoms with Crippen molar-refractivity contribution in [3.05, 3.63) is 71.3 Å². The Hall–Kier alpha value is -2.62. The van der Waals surface area contributed by atoms with Gasteiger partial charge >= 0.3 is 11.8 Å². The number of hydrogen-bond acceptors (Lipinski definition) is 2. The number of benzene rings is 2. The van der Waals surface area contributed by atoms with Crippen molar-refractivity contribution in [1.29, 1.82) is 0 Å². The molecular weight excluding hydrogens is 288 g/mol. The average Bonchev–Trinajstić information content (AvgIpc) is 2.60. The van der Waals surface area contributed by atoms with Gasteiger partial charge in [-0.1, -0.05) is 54.6 Å². The number of piperazine rings is 1. The van der Waals surface area contributed by atoms with E-state index in [1.165, 1.54) is 16.0 Å². The van der Waals surface area contributed by atoms with Crippen molar-refractivity contribution >= 4 is 11.8 Å². The fourth-order valence-corrected chi connectivity index (χ4v) is 3.74. The van der Waals surface area contributed by atoms with Crippen molar-refractivity contribution in [1.82, 2.24) is 9.80 Å². The predicted octanol–water partition coefficient (Wildman–Crippen LogP) is 2.17. The lowest BCUT2D eigenvalue weighted by Gasteiger charge is -2.45. The van der Waals surface area contributed by atoms with Gasteiger partial charge in [0, 0.05) is 26.1 Å². The average molecular weight is 306 g/mol. The lowest BCUT2D eigenvalue weighted by molar-refractivity contribution is -0.158. The van der Waals surface area contributed by atoms with Crippen LogP contribution < -0.4 is 0 Å². The molecule has 0 unspecified atom stereocenters. The third-order valence-corrected chi connectivity index (χ3v) is 4.93. The molecule has 1 saturated heterocycles. The fraction of sp³-hybridized carbons (Fsp3) is 0.263. The fourth-order valence-electron chi connectivity index (χ4n) is 3.74. The molecular formula is C19H18N2O2. The van der Waals surface area contributed by atoms with Gasteiger partial charge in [0.25, 0.3) is 0 Å². The molecule has 1 fully saturated rings. The van der Waals surface area contributed by atoms with E-state index >= 15 is 0 Å². The van der Waals surface area contributed by atoms with Crippen molar-refractivity contribution in [2.24, 2.45) is 0 Å². The highest BCUT2D eigenvalue weighted by Gasteiger charge is 2.43. The van der Waals surface area contributed by atoms with Crippen LogP contribution in [-0.2, 0) is 9.59 Å². The summed E-state index contributed by atoms with van der Waals surface area (Å²) in [6.45, 7) is 1.12. The zero-order chi connectivity index (χ0) is 16.0. The van der Waals surface area contributed by atoms with E-state index < -0.39 is 5.91 Å². The van der Waals surface area contributed by atoms with Crippen LogP contribution in [0.4, 0.5) is 0 Å². The van der Waals surface area contributed by atoms with Gasteiger partial charge in [-0.3, -0.25) is 9.59 Å². The second kappa shape index (κ2) is 5.23. The number of likely N-dealkylation sites (N-methyl/N-ethyl adjacent to an activating group) is 1. The monoisotopic (exact) mass is 306 g/mol. The SMILES string of the molecule is CN1C[C@H]2c3ccccc3[C@H](c3ccccc3)CN2C(=O)C1=O. The van der Waals surface area contributed by atoms with Gasteiger partial charge in [0.15, 0.2) is 0 Å². The molecule has 0 N–H and O–H groups in total. The van der Waals surface area contributed by atoms with Crippen molar-refractivity contribution < 1.29 is 9.59 Å². The molecule has 2 aromatic rings. The van der Waals surface area contributed by atoms with E-state index in [4.69, 9.17) is 0 Å². The number of nitrogens with zero attached hydrogens (tertiary/aromatic N) is 2. The van der Waals surface area contributed by atoms with E-state index in [9.17, 15) is 9.59 Å². The van der Waals surface area contributed by atoms with E-state index in [0.29, 0.717) is 13.1 Å². The predicted molar refractivity (Wildman–Crippen MR) is 86.8 cm³/mol. The maximum absolute atomic E-state index is 12.5. The number of carbonyl (C=O) groups is 2. The van der Waals surface area contributed by atoms with E-state index in [0.717, 1.165) is 5.56 Å². The zero-order valence-electron chi connectivity index (χ0n) is 13.0. The summed E-state index contributed by atoms with van der Waals surface area (Å²) in [5, 5.41) is 0. The Labute approximate surface area is 135 Å². The highest BCUT2D eigenvalue weighted by atomic mass is 16.2. The topological polar surface area (TPSA) is 40.6 Å². The summed E-state index contributed by atoms with van der Waals surface area (Å²) in [6, 6.07) is 18.4. The molecule has 0 aromatic heterocycles. The van der Waals surface area contributed by atoms with E-state index in [1.807, 2.05) is 30.3 Å². The summed E-state index contributed by atoms with van der Waals surface area (Å²) in [6.07, 6.45) is 0. The number of hydrogen-bond donors (Lipinski definition) is 0. The molecule has 0 spiro atoms. The Morgan fingerprint density at radius 1 is 0.826 bits per heavy atom. The van der Waals surface area contributed by atoms with Gasteiger partial charge in [-0.05, 0) is 16.7 Å². The van der Waals surface area contributed by atoms with Gasteiger partial charge in [-0.15, -0.1) is 0 Å². The molecule has 2 heterocycles. The molecule has 4 nitrogen and oxygen atoms in total. The van der Waals surface area contributed by atoms with Crippen LogP contribution in [0.3, 0.4) is 0 Å². The van der Waals surface area contributed by atoms with Crippen LogP contribution in [0.5, 0.6) is 0 Å². The normalized spacial score (nSPS) is 23.5. The quantitative estimate of drug-likeness (QED) is 0.758. The Bertz CT molecular complexity index is 772. The van der Waals surface area contributed by atoms with Crippen LogP contribution in [0.25, 0.3) is 0 Å². The Morgan fingerprint density at radius 3 is 2.22 bits per heavy atom. The summed E-state index contributed by atoms with van der Waals surface area (Å²) in [4.78, 5) is 27.8. The maximum atomic E-state index is 12.5. The molecule has 4 rings (SSSR count). The lowest BCUT2D eigenvalue weighted by Crippen LogP contribution is -2.57. The third-order valence-electron chi connectivity index (χ3n) is 4.93. The minimum absolute atomic E-state index is 0.0404. The number of fused-ring (bicyclic) bond motifs is 3. The molecule has 0 saturated carbocycles.